The van der Waals surface area contributed by atoms with Gasteiger partial charge in [0.25, 0.3) is 10.2 Å². The van der Waals surface area contributed by atoms with Gasteiger partial charge in [-0.3, -0.25) is 4.79 Å². The summed E-state index contributed by atoms with van der Waals surface area (Å²) >= 11 is 0. The molecule has 1 aliphatic heterocycles. The molecule has 0 bridgehead atoms. The second-order valence-electron chi connectivity index (χ2n) is 2.26. The van der Waals surface area contributed by atoms with Gasteiger partial charge in [0.1, 0.15) is 6.04 Å². The minimum Gasteiger partial charge on any atom is -0.368 e. The molecule has 0 aliphatic carbocycles. The number of carbonyl (C=O) groups is 1. The minimum atomic E-state index is -3.48. The van der Waals surface area contributed by atoms with Crippen molar-refractivity contribution in [3.8, 4) is 0 Å². The molecule has 0 saturated carbocycles. The molecule has 0 radical (unpaired) electrons. The predicted octanol–water partition coefficient (Wildman–Crippen LogP) is -2.33. The Labute approximate surface area is 64.3 Å². The van der Waals surface area contributed by atoms with Gasteiger partial charge in [-0.1, -0.05) is 0 Å². The van der Waals surface area contributed by atoms with E-state index in [0.717, 1.165) is 0 Å². The number of amides is 1. The SMILES string of the molecule is NC(=O)C1CCNS(=O)(=O)N1. The van der Waals surface area contributed by atoms with Crippen molar-refractivity contribution in [1.82, 2.24) is 9.44 Å². The molecule has 1 amide bonds. The van der Waals surface area contributed by atoms with Crippen LogP contribution in [0.3, 0.4) is 0 Å². The summed E-state index contributed by atoms with van der Waals surface area (Å²) in [5, 5.41) is 0. The summed E-state index contributed by atoms with van der Waals surface area (Å²) in [4.78, 5) is 10.5. The van der Waals surface area contributed by atoms with Gasteiger partial charge in [-0.15, -0.1) is 0 Å². The third kappa shape index (κ3) is 2.14. The molecule has 6 nitrogen and oxygen atoms in total. The summed E-state index contributed by atoms with van der Waals surface area (Å²) < 4.78 is 25.7. The predicted molar refractivity (Wildman–Crippen MR) is 37.7 cm³/mol. The summed E-state index contributed by atoms with van der Waals surface area (Å²) in [6.07, 6.45) is 0.397. The summed E-state index contributed by atoms with van der Waals surface area (Å²) in [6.45, 7) is 0.253. The van der Waals surface area contributed by atoms with E-state index in [2.05, 4.69) is 9.44 Å². The molecule has 1 unspecified atom stereocenters. The molecular formula is C4H9N3O3S. The second kappa shape index (κ2) is 2.76. The molecule has 0 spiro atoms. The Bertz CT molecular complexity index is 260. The summed E-state index contributed by atoms with van der Waals surface area (Å²) in [6, 6.07) is -0.763. The Hall–Kier alpha value is -0.660. The van der Waals surface area contributed by atoms with Crippen molar-refractivity contribution in [2.45, 2.75) is 12.5 Å². The molecule has 7 heteroatoms. The Morgan fingerprint density at radius 1 is 1.55 bits per heavy atom. The smallest absolute Gasteiger partial charge is 0.277 e. The van der Waals surface area contributed by atoms with E-state index in [4.69, 9.17) is 5.73 Å². The van der Waals surface area contributed by atoms with Gasteiger partial charge in [0.15, 0.2) is 0 Å². The molecule has 1 aliphatic rings. The van der Waals surface area contributed by atoms with Crippen molar-refractivity contribution in [2.24, 2.45) is 5.73 Å². The number of primary amides is 1. The Balaban J connectivity index is 2.68. The van der Waals surface area contributed by atoms with Crippen LogP contribution in [0.2, 0.25) is 0 Å². The zero-order chi connectivity index (χ0) is 8.48. The van der Waals surface area contributed by atoms with Crippen molar-refractivity contribution < 1.29 is 13.2 Å². The average molecular weight is 179 g/mol. The van der Waals surface area contributed by atoms with Crippen LogP contribution in [0.25, 0.3) is 0 Å². The molecule has 1 heterocycles. The molecule has 0 aromatic heterocycles. The first-order chi connectivity index (χ1) is 5.01. The molecule has 64 valence electrons. The van der Waals surface area contributed by atoms with Gasteiger partial charge in [-0.05, 0) is 6.42 Å². The van der Waals surface area contributed by atoms with Crippen LogP contribution in [-0.4, -0.2) is 26.9 Å². The van der Waals surface area contributed by atoms with E-state index in [1.807, 2.05) is 0 Å². The molecule has 1 atom stereocenters. The molecular weight excluding hydrogens is 170 g/mol. The van der Waals surface area contributed by atoms with Gasteiger partial charge >= 0.3 is 0 Å². The number of hydrogen-bond acceptors (Lipinski definition) is 3. The Kier molecular flexibility index (Phi) is 2.12. The van der Waals surface area contributed by atoms with Crippen LogP contribution in [-0.2, 0) is 15.0 Å². The van der Waals surface area contributed by atoms with E-state index >= 15 is 0 Å². The summed E-state index contributed by atoms with van der Waals surface area (Å²) in [5.41, 5.74) is 4.89. The zero-order valence-electron chi connectivity index (χ0n) is 5.70. The van der Waals surface area contributed by atoms with Crippen molar-refractivity contribution in [3.05, 3.63) is 0 Å². The lowest BCUT2D eigenvalue weighted by atomic mass is 10.2. The standard InChI is InChI=1S/C4H9N3O3S/c5-4(8)3-1-2-6-11(9,10)7-3/h3,6-7H,1-2H2,(H2,5,8). The quantitative estimate of drug-likeness (QED) is 0.420. The maximum absolute atomic E-state index is 10.7. The van der Waals surface area contributed by atoms with Crippen LogP contribution in [0.1, 0.15) is 6.42 Å². The molecule has 1 rings (SSSR count). The third-order valence-electron chi connectivity index (χ3n) is 1.37. The van der Waals surface area contributed by atoms with Gasteiger partial charge in [-0.25, -0.2) is 4.72 Å². The fraction of sp³-hybridized carbons (Fsp3) is 0.750. The van der Waals surface area contributed by atoms with Gasteiger partial charge in [0, 0.05) is 6.54 Å². The van der Waals surface area contributed by atoms with Crippen LogP contribution in [0.5, 0.6) is 0 Å². The lowest BCUT2D eigenvalue weighted by molar-refractivity contribution is -0.119. The van der Waals surface area contributed by atoms with Gasteiger partial charge in [0.05, 0.1) is 0 Å². The van der Waals surface area contributed by atoms with Gasteiger partial charge in [-0.2, -0.15) is 13.1 Å². The largest absolute Gasteiger partial charge is 0.368 e. The van der Waals surface area contributed by atoms with Crippen molar-refractivity contribution in [1.29, 1.82) is 0 Å². The maximum Gasteiger partial charge on any atom is 0.277 e. The molecule has 0 aromatic carbocycles. The topological polar surface area (TPSA) is 101 Å². The van der Waals surface area contributed by atoms with E-state index in [1.165, 1.54) is 0 Å². The molecule has 0 aromatic rings. The highest BCUT2D eigenvalue weighted by molar-refractivity contribution is 7.87. The second-order valence-corrected chi connectivity index (χ2v) is 3.79. The Morgan fingerprint density at radius 3 is 2.55 bits per heavy atom. The number of nitrogens with two attached hydrogens (primary N) is 1. The van der Waals surface area contributed by atoms with Crippen molar-refractivity contribution in [3.63, 3.8) is 0 Å². The number of nitrogens with one attached hydrogen (secondary N) is 2. The van der Waals surface area contributed by atoms with Gasteiger partial charge in [0.2, 0.25) is 5.91 Å². The lowest BCUT2D eigenvalue weighted by Crippen LogP contribution is -2.54. The first kappa shape index (κ1) is 8.44. The van der Waals surface area contributed by atoms with Gasteiger partial charge < -0.3 is 5.73 Å². The van der Waals surface area contributed by atoms with Crippen LogP contribution in [0.4, 0.5) is 0 Å². The first-order valence-corrected chi connectivity index (χ1v) is 4.56. The van der Waals surface area contributed by atoms with E-state index in [1.54, 1.807) is 0 Å². The molecule has 4 N–H and O–H groups in total. The Morgan fingerprint density at radius 2 is 2.18 bits per heavy atom. The van der Waals surface area contributed by atoms with E-state index < -0.39 is 22.2 Å². The molecule has 1 saturated heterocycles. The highest BCUT2D eigenvalue weighted by atomic mass is 32.2. The number of rotatable bonds is 1. The van der Waals surface area contributed by atoms with Crippen molar-refractivity contribution in [2.75, 3.05) is 6.54 Å². The van der Waals surface area contributed by atoms with Crippen LogP contribution >= 0.6 is 0 Å². The monoisotopic (exact) mass is 179 g/mol. The highest BCUT2D eigenvalue weighted by Crippen LogP contribution is 1.98. The zero-order valence-corrected chi connectivity index (χ0v) is 6.52. The minimum absolute atomic E-state index is 0.253. The van der Waals surface area contributed by atoms with Crippen molar-refractivity contribution >= 4 is 16.1 Å². The summed E-state index contributed by atoms with van der Waals surface area (Å²) in [5.74, 6) is -0.643. The molecule has 11 heavy (non-hydrogen) atoms. The average Bonchev–Trinajstić information content (AvgIpc) is 1.85. The normalized spacial score (nSPS) is 29.6. The fourth-order valence-electron chi connectivity index (χ4n) is 0.826. The maximum atomic E-state index is 10.7. The molecule has 1 fully saturated rings. The highest BCUT2D eigenvalue weighted by Gasteiger charge is 2.26. The van der Waals surface area contributed by atoms with Crippen LogP contribution < -0.4 is 15.2 Å². The van der Waals surface area contributed by atoms with E-state index in [-0.39, 0.29) is 6.54 Å². The number of hydrogen-bond donors (Lipinski definition) is 3. The fourth-order valence-corrected chi connectivity index (χ4v) is 1.90. The third-order valence-corrected chi connectivity index (χ3v) is 2.54. The first-order valence-electron chi connectivity index (χ1n) is 3.07. The van der Waals surface area contributed by atoms with E-state index in [0.29, 0.717) is 6.42 Å². The number of carbonyl (C=O) groups excluding carboxylic acids is 1. The lowest BCUT2D eigenvalue weighted by Gasteiger charge is -2.20. The van der Waals surface area contributed by atoms with Crippen LogP contribution in [0, 0.1) is 0 Å². The van der Waals surface area contributed by atoms with E-state index in [9.17, 15) is 13.2 Å². The van der Waals surface area contributed by atoms with Crippen LogP contribution in [0.15, 0.2) is 0 Å². The summed E-state index contributed by atoms with van der Waals surface area (Å²) in [7, 11) is -3.48.